The van der Waals surface area contributed by atoms with E-state index in [1.165, 1.54) is 39.7 Å². The van der Waals surface area contributed by atoms with E-state index in [0.717, 1.165) is 6.07 Å². The van der Waals surface area contributed by atoms with Gasteiger partial charge >= 0.3 is 5.97 Å². The summed E-state index contributed by atoms with van der Waals surface area (Å²) in [5, 5.41) is 20.0. The molecule has 1 aromatic carbocycles. The summed E-state index contributed by atoms with van der Waals surface area (Å²) in [7, 11) is 0. The van der Waals surface area contributed by atoms with Crippen LogP contribution in [0.3, 0.4) is 0 Å². The minimum Gasteiger partial charge on any atom is -0.478 e. The number of rotatable bonds is 4. The molecule has 0 bridgehead atoms. The van der Waals surface area contributed by atoms with Gasteiger partial charge in [-0.1, -0.05) is 12.1 Å². The number of aromatic carboxylic acids is 1. The second kappa shape index (κ2) is 6.33. The van der Waals surface area contributed by atoms with Crippen LogP contribution in [-0.4, -0.2) is 41.4 Å². The van der Waals surface area contributed by atoms with Crippen molar-refractivity contribution < 1.29 is 19.1 Å². The molecule has 0 unspecified atom stereocenters. The van der Waals surface area contributed by atoms with Gasteiger partial charge in [0, 0.05) is 12.4 Å². The van der Waals surface area contributed by atoms with Crippen molar-refractivity contribution in [3.05, 3.63) is 71.9 Å². The van der Waals surface area contributed by atoms with E-state index in [2.05, 4.69) is 20.5 Å². The lowest BCUT2D eigenvalue weighted by atomic mass is 10.2. The molecule has 0 atom stereocenters. The predicted octanol–water partition coefficient (Wildman–Crippen LogP) is 2.00. The molecule has 0 saturated heterocycles. The van der Waals surface area contributed by atoms with Gasteiger partial charge in [-0.05, 0) is 24.3 Å². The van der Waals surface area contributed by atoms with Crippen LogP contribution in [-0.2, 0) is 0 Å². The Kier molecular flexibility index (Phi) is 3.84. The van der Waals surface area contributed by atoms with Crippen LogP contribution in [0.25, 0.3) is 11.3 Å². The third-order valence-corrected chi connectivity index (χ3v) is 3.76. The summed E-state index contributed by atoms with van der Waals surface area (Å²) in [5.41, 5.74) is 0.179. The van der Waals surface area contributed by atoms with Crippen molar-refractivity contribution in [1.82, 2.24) is 24.4 Å². The number of halogens is 1. The molecular formula is C17H11FN6O3. The van der Waals surface area contributed by atoms with Gasteiger partial charge in [0.1, 0.15) is 11.4 Å². The molecule has 0 aliphatic rings. The first-order chi connectivity index (χ1) is 13.0. The average molecular weight is 366 g/mol. The lowest BCUT2D eigenvalue weighted by Crippen LogP contribution is -2.14. The topological polar surface area (TPSA) is 114 Å². The molecule has 1 amide bonds. The summed E-state index contributed by atoms with van der Waals surface area (Å²) >= 11 is 0. The third-order valence-electron chi connectivity index (χ3n) is 3.76. The number of carbonyl (C=O) groups excluding carboxylic acids is 1. The van der Waals surface area contributed by atoms with Crippen LogP contribution in [0.5, 0.6) is 0 Å². The van der Waals surface area contributed by atoms with Crippen molar-refractivity contribution in [2.75, 3.05) is 5.32 Å². The fourth-order valence-corrected chi connectivity index (χ4v) is 2.54. The molecule has 3 heterocycles. The van der Waals surface area contributed by atoms with Gasteiger partial charge in [-0.2, -0.15) is 10.1 Å². The van der Waals surface area contributed by atoms with E-state index in [1.54, 1.807) is 18.5 Å². The second-order valence-corrected chi connectivity index (χ2v) is 5.51. The minimum absolute atomic E-state index is 0.0299. The number of nitrogens with zero attached hydrogens (tertiary/aromatic N) is 5. The van der Waals surface area contributed by atoms with Gasteiger partial charge in [-0.3, -0.25) is 10.1 Å². The fourth-order valence-electron chi connectivity index (χ4n) is 2.54. The van der Waals surface area contributed by atoms with E-state index in [9.17, 15) is 19.1 Å². The molecule has 0 saturated carbocycles. The number of hydrogen-bond donors (Lipinski definition) is 2. The zero-order valence-electron chi connectivity index (χ0n) is 13.6. The summed E-state index contributed by atoms with van der Waals surface area (Å²) in [6.07, 6.45) is 4.71. The molecule has 0 fully saturated rings. The van der Waals surface area contributed by atoms with Gasteiger partial charge in [0.25, 0.3) is 5.91 Å². The monoisotopic (exact) mass is 366 g/mol. The highest BCUT2D eigenvalue weighted by molar-refractivity contribution is 6.03. The van der Waals surface area contributed by atoms with Gasteiger partial charge in [-0.25, -0.2) is 18.4 Å². The zero-order chi connectivity index (χ0) is 19.0. The Morgan fingerprint density at radius 2 is 1.96 bits per heavy atom. The largest absolute Gasteiger partial charge is 0.478 e. The first-order valence-electron chi connectivity index (χ1n) is 7.72. The molecule has 3 aromatic heterocycles. The van der Waals surface area contributed by atoms with Crippen LogP contribution in [0.1, 0.15) is 20.7 Å². The van der Waals surface area contributed by atoms with Crippen LogP contribution < -0.4 is 5.32 Å². The van der Waals surface area contributed by atoms with E-state index in [-0.39, 0.29) is 22.7 Å². The molecule has 0 aliphatic carbocycles. The standard InChI is InChI=1S/C17H11FN6O3/c18-13-5-2-1-4-11(13)15(25)21-17-20-14-12(16(26)27)8-10(9-24(14)22-17)23-7-3-6-19-23/h1-9H,(H,26,27)(H,21,22,25). The van der Waals surface area contributed by atoms with Crippen molar-refractivity contribution >= 4 is 23.5 Å². The van der Waals surface area contributed by atoms with Crippen LogP contribution in [0.2, 0.25) is 0 Å². The van der Waals surface area contributed by atoms with Crippen LogP contribution >= 0.6 is 0 Å². The second-order valence-electron chi connectivity index (χ2n) is 5.51. The number of nitrogens with one attached hydrogen (secondary N) is 1. The number of hydrogen-bond acceptors (Lipinski definition) is 5. The highest BCUT2D eigenvalue weighted by Crippen LogP contribution is 2.17. The number of fused-ring (bicyclic) bond motifs is 1. The lowest BCUT2D eigenvalue weighted by molar-refractivity contribution is 0.0698. The number of carbonyl (C=O) groups is 2. The average Bonchev–Trinajstić information content (AvgIpc) is 3.30. The number of carboxylic acid groups (broad SMARTS) is 1. The first-order valence-corrected chi connectivity index (χ1v) is 7.72. The molecular weight excluding hydrogens is 355 g/mol. The van der Waals surface area contributed by atoms with Gasteiger partial charge in [0.2, 0.25) is 5.95 Å². The summed E-state index contributed by atoms with van der Waals surface area (Å²) < 4.78 is 16.4. The molecule has 0 spiro atoms. The van der Waals surface area contributed by atoms with Gasteiger partial charge in [0.05, 0.1) is 17.4 Å². The summed E-state index contributed by atoms with van der Waals surface area (Å²) in [6.45, 7) is 0. The quantitative estimate of drug-likeness (QED) is 0.571. The zero-order valence-corrected chi connectivity index (χ0v) is 13.6. The highest BCUT2D eigenvalue weighted by atomic mass is 19.1. The molecule has 9 nitrogen and oxygen atoms in total. The Labute approximate surface area is 150 Å². The van der Waals surface area contributed by atoms with Crippen LogP contribution in [0.15, 0.2) is 55.0 Å². The summed E-state index contributed by atoms with van der Waals surface area (Å²) in [5.74, 6) is -2.80. The number of pyridine rings is 1. The maximum absolute atomic E-state index is 13.7. The smallest absolute Gasteiger partial charge is 0.339 e. The normalized spacial score (nSPS) is 10.9. The maximum atomic E-state index is 13.7. The Balaban J connectivity index is 1.75. The summed E-state index contributed by atoms with van der Waals surface area (Å²) in [4.78, 5) is 27.8. The Morgan fingerprint density at radius 3 is 2.67 bits per heavy atom. The van der Waals surface area contributed by atoms with Gasteiger partial charge in [0.15, 0.2) is 5.65 Å². The summed E-state index contributed by atoms with van der Waals surface area (Å²) in [6, 6.07) is 8.54. The number of benzene rings is 1. The van der Waals surface area contributed by atoms with Crippen molar-refractivity contribution in [3.8, 4) is 5.69 Å². The fraction of sp³-hybridized carbons (Fsp3) is 0. The predicted molar refractivity (Wildman–Crippen MR) is 91.4 cm³/mol. The van der Waals surface area contributed by atoms with Gasteiger partial charge in [-0.15, -0.1) is 5.10 Å². The first kappa shape index (κ1) is 16.4. The Hall–Kier alpha value is -4.08. The number of aromatic nitrogens is 5. The Bertz CT molecular complexity index is 1170. The maximum Gasteiger partial charge on any atom is 0.339 e. The molecule has 134 valence electrons. The van der Waals surface area contributed by atoms with Crippen LogP contribution in [0, 0.1) is 5.82 Å². The van der Waals surface area contributed by atoms with Crippen molar-refractivity contribution in [3.63, 3.8) is 0 Å². The minimum atomic E-state index is -1.21. The van der Waals surface area contributed by atoms with Gasteiger partial charge < -0.3 is 5.11 Å². The van der Waals surface area contributed by atoms with E-state index in [0.29, 0.717) is 5.69 Å². The van der Waals surface area contributed by atoms with E-state index in [4.69, 9.17) is 0 Å². The number of amides is 1. The number of carboxylic acids is 1. The van der Waals surface area contributed by atoms with E-state index < -0.39 is 17.7 Å². The molecule has 10 heteroatoms. The SMILES string of the molecule is O=C(Nc1nc2c(C(=O)O)cc(-n3cccn3)cn2n1)c1ccccc1F. The van der Waals surface area contributed by atoms with E-state index in [1.807, 2.05) is 0 Å². The molecule has 4 rings (SSSR count). The van der Waals surface area contributed by atoms with Crippen LogP contribution in [0.4, 0.5) is 10.3 Å². The molecule has 4 aromatic rings. The molecule has 27 heavy (non-hydrogen) atoms. The number of anilines is 1. The van der Waals surface area contributed by atoms with E-state index >= 15 is 0 Å². The molecule has 0 radical (unpaired) electrons. The lowest BCUT2D eigenvalue weighted by Gasteiger charge is -2.04. The van der Waals surface area contributed by atoms with Crippen molar-refractivity contribution in [2.45, 2.75) is 0 Å². The third kappa shape index (κ3) is 2.99. The Morgan fingerprint density at radius 1 is 1.15 bits per heavy atom. The van der Waals surface area contributed by atoms with Crippen molar-refractivity contribution in [2.24, 2.45) is 0 Å². The molecule has 0 aliphatic heterocycles. The molecule has 2 N–H and O–H groups in total. The van der Waals surface area contributed by atoms with Crippen molar-refractivity contribution in [1.29, 1.82) is 0 Å². The highest BCUT2D eigenvalue weighted by Gasteiger charge is 2.18.